The molecule has 0 aliphatic carbocycles. The summed E-state index contributed by atoms with van der Waals surface area (Å²) in [5.74, 6) is 0. The SMILES string of the molecule is N#CCc1c(-c2cccnc2)nc2scc(-c3ccncc3)n12. The zero-order chi connectivity index (χ0) is 15.6. The summed E-state index contributed by atoms with van der Waals surface area (Å²) in [6, 6.07) is 10.0. The monoisotopic (exact) mass is 317 g/mol. The molecule has 0 saturated heterocycles. The van der Waals surface area contributed by atoms with Crippen molar-refractivity contribution in [1.29, 1.82) is 5.26 Å². The molecule has 0 saturated carbocycles. The normalized spacial score (nSPS) is 10.7. The summed E-state index contributed by atoms with van der Waals surface area (Å²) in [5.41, 5.74) is 4.72. The van der Waals surface area contributed by atoms with Crippen molar-refractivity contribution in [1.82, 2.24) is 19.4 Å². The summed E-state index contributed by atoms with van der Waals surface area (Å²) in [6.45, 7) is 0. The highest BCUT2D eigenvalue weighted by Crippen LogP contribution is 2.32. The van der Waals surface area contributed by atoms with Crippen LogP contribution in [0.3, 0.4) is 0 Å². The van der Waals surface area contributed by atoms with Gasteiger partial charge in [0.25, 0.3) is 0 Å². The topological polar surface area (TPSA) is 66.9 Å². The molecule has 0 aliphatic rings. The molecule has 0 bridgehead atoms. The average Bonchev–Trinajstić information content (AvgIpc) is 3.17. The number of nitriles is 1. The van der Waals surface area contributed by atoms with Crippen LogP contribution >= 0.6 is 11.3 Å². The van der Waals surface area contributed by atoms with E-state index in [0.29, 0.717) is 6.42 Å². The maximum Gasteiger partial charge on any atom is 0.194 e. The quantitative estimate of drug-likeness (QED) is 0.579. The van der Waals surface area contributed by atoms with Crippen LogP contribution in [0.5, 0.6) is 0 Å². The molecule has 0 N–H and O–H groups in total. The molecule has 0 aromatic carbocycles. The summed E-state index contributed by atoms with van der Waals surface area (Å²) in [5, 5.41) is 11.3. The summed E-state index contributed by atoms with van der Waals surface area (Å²) in [6.07, 6.45) is 7.33. The molecule has 5 nitrogen and oxygen atoms in total. The number of hydrogen-bond donors (Lipinski definition) is 0. The molecule has 0 atom stereocenters. The Labute approximate surface area is 136 Å². The van der Waals surface area contributed by atoms with Gasteiger partial charge in [-0.1, -0.05) is 0 Å². The second kappa shape index (κ2) is 5.63. The first-order valence-corrected chi connectivity index (χ1v) is 7.93. The Bertz CT molecular complexity index is 996. The molecule has 4 aromatic heterocycles. The molecule has 0 radical (unpaired) electrons. The van der Waals surface area contributed by atoms with Crippen LogP contribution in [0.4, 0.5) is 0 Å². The maximum atomic E-state index is 9.25. The van der Waals surface area contributed by atoms with Crippen LogP contribution in [0.2, 0.25) is 0 Å². The number of rotatable bonds is 3. The van der Waals surface area contributed by atoms with Crippen molar-refractivity contribution in [2.24, 2.45) is 0 Å². The third-order valence-corrected chi connectivity index (χ3v) is 4.44. The van der Waals surface area contributed by atoms with Crippen molar-refractivity contribution in [3.63, 3.8) is 0 Å². The second-order valence-electron chi connectivity index (χ2n) is 4.96. The number of fused-ring (bicyclic) bond motifs is 1. The number of hydrogen-bond acceptors (Lipinski definition) is 5. The summed E-state index contributed by atoms with van der Waals surface area (Å²) < 4.78 is 2.06. The molecule has 0 aliphatic heterocycles. The van der Waals surface area contributed by atoms with Crippen LogP contribution in [0, 0.1) is 11.3 Å². The standard InChI is InChI=1S/C17H11N5S/c18-6-3-14-16(13-2-1-7-20-10-13)21-17-22(14)15(11-23-17)12-4-8-19-9-5-12/h1-2,4-5,7-11H,3H2. The van der Waals surface area contributed by atoms with Gasteiger partial charge >= 0.3 is 0 Å². The maximum absolute atomic E-state index is 9.25. The predicted octanol–water partition coefficient (Wildman–Crippen LogP) is 3.59. The fourth-order valence-electron chi connectivity index (χ4n) is 2.61. The summed E-state index contributed by atoms with van der Waals surface area (Å²) in [4.78, 5) is 13.8. The smallest absolute Gasteiger partial charge is 0.194 e. The second-order valence-corrected chi connectivity index (χ2v) is 5.80. The van der Waals surface area contributed by atoms with E-state index in [1.54, 1.807) is 36.1 Å². The Balaban J connectivity index is 1.99. The van der Waals surface area contributed by atoms with Gasteiger partial charge in [-0.2, -0.15) is 5.26 Å². The van der Waals surface area contributed by atoms with Crippen LogP contribution in [0.15, 0.2) is 54.4 Å². The van der Waals surface area contributed by atoms with Crippen LogP contribution in [0.25, 0.3) is 27.5 Å². The largest absolute Gasteiger partial charge is 0.286 e. The van der Waals surface area contributed by atoms with Gasteiger partial charge in [-0.3, -0.25) is 14.4 Å². The fraction of sp³-hybridized carbons (Fsp3) is 0.0588. The molecule has 0 fully saturated rings. The van der Waals surface area contributed by atoms with E-state index in [0.717, 1.165) is 33.2 Å². The highest BCUT2D eigenvalue weighted by atomic mass is 32.1. The van der Waals surface area contributed by atoms with Crippen molar-refractivity contribution in [3.8, 4) is 28.6 Å². The van der Waals surface area contributed by atoms with Gasteiger partial charge in [0, 0.05) is 41.3 Å². The van der Waals surface area contributed by atoms with Crippen molar-refractivity contribution < 1.29 is 0 Å². The van der Waals surface area contributed by atoms with Crippen molar-refractivity contribution in [2.45, 2.75) is 6.42 Å². The molecule has 4 rings (SSSR count). The summed E-state index contributed by atoms with van der Waals surface area (Å²) >= 11 is 1.57. The number of pyridine rings is 2. The van der Waals surface area contributed by atoms with E-state index >= 15 is 0 Å². The van der Waals surface area contributed by atoms with Gasteiger partial charge in [-0.25, -0.2) is 4.98 Å². The highest BCUT2D eigenvalue weighted by Gasteiger charge is 2.18. The Morgan fingerprint density at radius 1 is 1.09 bits per heavy atom. The van der Waals surface area contributed by atoms with E-state index in [1.807, 2.05) is 24.3 Å². The molecular formula is C17H11N5S. The van der Waals surface area contributed by atoms with Crippen LogP contribution < -0.4 is 0 Å². The minimum Gasteiger partial charge on any atom is -0.286 e. The average molecular weight is 317 g/mol. The molecule has 23 heavy (non-hydrogen) atoms. The lowest BCUT2D eigenvalue weighted by Gasteiger charge is -2.04. The predicted molar refractivity (Wildman–Crippen MR) is 88.8 cm³/mol. The third kappa shape index (κ3) is 2.28. The minimum atomic E-state index is 0.292. The van der Waals surface area contributed by atoms with E-state index in [2.05, 4.69) is 25.8 Å². The molecule has 4 aromatic rings. The lowest BCUT2D eigenvalue weighted by Crippen LogP contribution is -1.95. The van der Waals surface area contributed by atoms with Gasteiger partial charge in [0.2, 0.25) is 0 Å². The van der Waals surface area contributed by atoms with E-state index in [1.165, 1.54) is 0 Å². The van der Waals surface area contributed by atoms with Gasteiger partial charge < -0.3 is 0 Å². The van der Waals surface area contributed by atoms with Crippen LogP contribution in [-0.4, -0.2) is 19.4 Å². The number of nitrogens with zero attached hydrogens (tertiary/aromatic N) is 5. The highest BCUT2D eigenvalue weighted by molar-refractivity contribution is 7.15. The number of aromatic nitrogens is 4. The Hall–Kier alpha value is -3.04. The van der Waals surface area contributed by atoms with E-state index in [-0.39, 0.29) is 0 Å². The zero-order valence-electron chi connectivity index (χ0n) is 12.0. The van der Waals surface area contributed by atoms with Crippen molar-refractivity contribution in [2.75, 3.05) is 0 Å². The lowest BCUT2D eigenvalue weighted by atomic mass is 10.1. The van der Waals surface area contributed by atoms with Gasteiger partial charge in [0.1, 0.15) is 0 Å². The van der Waals surface area contributed by atoms with Crippen LogP contribution in [-0.2, 0) is 6.42 Å². The molecule has 0 spiro atoms. The van der Waals surface area contributed by atoms with Crippen molar-refractivity contribution in [3.05, 3.63) is 60.1 Å². The fourth-order valence-corrected chi connectivity index (χ4v) is 3.53. The Morgan fingerprint density at radius 2 is 1.96 bits per heavy atom. The van der Waals surface area contributed by atoms with Gasteiger partial charge in [0.15, 0.2) is 4.96 Å². The summed E-state index contributed by atoms with van der Waals surface area (Å²) in [7, 11) is 0. The van der Waals surface area contributed by atoms with Gasteiger partial charge in [-0.15, -0.1) is 11.3 Å². The number of imidazole rings is 1. The molecule has 0 amide bonds. The Morgan fingerprint density at radius 3 is 2.70 bits per heavy atom. The van der Waals surface area contributed by atoms with Crippen LogP contribution in [0.1, 0.15) is 5.69 Å². The van der Waals surface area contributed by atoms with E-state index in [9.17, 15) is 5.26 Å². The first-order valence-electron chi connectivity index (χ1n) is 7.05. The number of thiazole rings is 1. The van der Waals surface area contributed by atoms with E-state index < -0.39 is 0 Å². The third-order valence-electron chi connectivity index (χ3n) is 3.62. The first kappa shape index (κ1) is 13.6. The molecule has 4 heterocycles. The Kier molecular flexibility index (Phi) is 3.33. The first-order chi connectivity index (χ1) is 11.4. The minimum absolute atomic E-state index is 0.292. The zero-order valence-corrected chi connectivity index (χ0v) is 12.9. The lowest BCUT2D eigenvalue weighted by molar-refractivity contribution is 1.08. The van der Waals surface area contributed by atoms with Gasteiger partial charge in [-0.05, 0) is 24.3 Å². The van der Waals surface area contributed by atoms with Gasteiger partial charge in [0.05, 0.1) is 29.6 Å². The molecule has 0 unspecified atom stereocenters. The van der Waals surface area contributed by atoms with E-state index in [4.69, 9.17) is 4.98 Å². The molecular weight excluding hydrogens is 306 g/mol. The molecule has 110 valence electrons. The van der Waals surface area contributed by atoms with Crippen molar-refractivity contribution >= 4 is 16.3 Å². The molecule has 6 heteroatoms.